The maximum absolute atomic E-state index is 12.9. The summed E-state index contributed by atoms with van der Waals surface area (Å²) >= 11 is 0. The van der Waals surface area contributed by atoms with Gasteiger partial charge in [0.25, 0.3) is 0 Å². The first-order valence-corrected chi connectivity index (χ1v) is 43.4. The molecule has 0 saturated carbocycles. The summed E-state index contributed by atoms with van der Waals surface area (Å²) in [6.45, 7) is 14.0. The molecule has 8 atom stereocenters. The van der Waals surface area contributed by atoms with Gasteiger partial charge in [-0.25, -0.2) is 19.2 Å². The van der Waals surface area contributed by atoms with Gasteiger partial charge < -0.3 is 200 Å². The first-order valence-electron chi connectivity index (χ1n) is 43.4. The van der Waals surface area contributed by atoms with E-state index >= 15 is 0 Å². The molecule has 12 aromatic carbocycles. The van der Waals surface area contributed by atoms with E-state index in [4.69, 9.17) is 56.8 Å². The van der Waals surface area contributed by atoms with Crippen molar-refractivity contribution in [1.82, 2.24) is 0 Å². The molecule has 4 aliphatic heterocycles. The molecule has 4 aliphatic rings. The van der Waals surface area contributed by atoms with Gasteiger partial charge in [0.2, 0.25) is 11.5 Å². The minimum absolute atomic E-state index is 0.00647. The van der Waals surface area contributed by atoms with Crippen LogP contribution in [0, 0.1) is 0 Å². The zero-order valence-corrected chi connectivity index (χ0v) is 76.7. The Morgan fingerprint density at radius 3 is 0.750 bits per heavy atom. The summed E-state index contributed by atoms with van der Waals surface area (Å²) in [5.41, 5.74) is 0.812. The molecule has 0 spiro atoms. The summed E-state index contributed by atoms with van der Waals surface area (Å²) in [7, 11) is 0. The molecule has 760 valence electrons. The van der Waals surface area contributed by atoms with Gasteiger partial charge in [0.05, 0.1) is 46.7 Å². The average molecular weight is 2000 g/mol. The zero-order chi connectivity index (χ0) is 105. The van der Waals surface area contributed by atoms with Crippen molar-refractivity contribution in [2.75, 3.05) is 0 Å². The highest BCUT2D eigenvalue weighted by Crippen LogP contribution is 2.54. The Balaban J connectivity index is 0.000000161. The minimum Gasteiger partial charge on any atom is -0.508 e. The number of carbonyl (C=O) groups excluding carboxylic acids is 4. The van der Waals surface area contributed by atoms with Crippen molar-refractivity contribution in [3.05, 3.63) is 212 Å². The average Bonchev–Trinajstić information content (AvgIpc) is 0.790. The van der Waals surface area contributed by atoms with Gasteiger partial charge in [-0.2, -0.15) is 0 Å². The monoisotopic (exact) mass is 2000 g/mol. The number of hydrogen-bond donors (Lipinski definition) is 28. The SMILES string of the molecule is CC(C)Oc1c(O)cc([C@H]2Oc3cc(O)cc(O)c3C[C@H]2OC(=O)c2cc(O)c(O)c(O)c2)cc1O.CC(C)Oc1cc(O)c2c(c1)O[C@H](c1cc(O)c(O)c(O)c1)[C@H](OC(=O)c1cc(O)c(O)c(O)c1)C2.CC(C)Oc1cc(O)cc2c1C[C@@H](OC(=O)c1cc(O)c(O)c(O)c1)[C@@H](c1cc(O)c(O)c(O)c1)O2.CC(C)Oc1cc([C@H]2Oc3cc(O)cc(O)c3C[C@H]2OC(=O)c2cc(O)c(O)c(O)c2)cc(O)c1O. The van der Waals surface area contributed by atoms with Gasteiger partial charge in [0.15, 0.2) is 151 Å². The molecular weight excluding hydrogens is 1910 g/mol. The second-order valence-corrected chi connectivity index (χ2v) is 34.2. The van der Waals surface area contributed by atoms with Gasteiger partial charge in [-0.1, -0.05) is 0 Å². The second kappa shape index (κ2) is 41.5. The molecule has 0 unspecified atom stereocenters. The van der Waals surface area contributed by atoms with Gasteiger partial charge in [-0.05, 0) is 152 Å². The van der Waals surface area contributed by atoms with E-state index < -0.39 is 199 Å². The number of rotatable bonds is 20. The van der Waals surface area contributed by atoms with Crippen LogP contribution in [0.2, 0.25) is 0 Å². The smallest absolute Gasteiger partial charge is 0.338 e. The molecule has 4 heterocycles. The lowest BCUT2D eigenvalue weighted by atomic mass is 9.93. The van der Waals surface area contributed by atoms with E-state index in [2.05, 4.69) is 0 Å². The van der Waals surface area contributed by atoms with Crippen LogP contribution in [0.25, 0.3) is 0 Å². The highest BCUT2D eigenvalue weighted by molar-refractivity contribution is 5.94. The van der Waals surface area contributed by atoms with Crippen LogP contribution in [0.15, 0.2) is 146 Å². The molecule has 0 bridgehead atoms. The molecule has 44 heteroatoms. The quantitative estimate of drug-likeness (QED) is 0.0191. The normalized spacial score (nSPS) is 16.8. The molecule has 0 aromatic heterocycles. The van der Waals surface area contributed by atoms with Crippen LogP contribution in [-0.2, 0) is 44.6 Å². The van der Waals surface area contributed by atoms with Gasteiger partial charge in [0.1, 0.15) is 93.4 Å². The number of fused-ring (bicyclic) bond motifs is 4. The van der Waals surface area contributed by atoms with Crippen molar-refractivity contribution >= 4 is 23.9 Å². The van der Waals surface area contributed by atoms with Crippen molar-refractivity contribution in [2.45, 2.75) is 154 Å². The number of phenols is 28. The Morgan fingerprint density at radius 2 is 0.458 bits per heavy atom. The fraction of sp³-hybridized carbons (Fsp3) is 0.240. The molecule has 44 nitrogen and oxygen atoms in total. The van der Waals surface area contributed by atoms with E-state index in [1.54, 1.807) is 55.4 Å². The van der Waals surface area contributed by atoms with Crippen LogP contribution in [0.3, 0.4) is 0 Å². The Hall–Kier alpha value is -18.7. The number of aromatic hydroxyl groups is 28. The van der Waals surface area contributed by atoms with Gasteiger partial charge in [0, 0.05) is 119 Å². The number of hydrogen-bond acceptors (Lipinski definition) is 44. The van der Waals surface area contributed by atoms with Crippen LogP contribution in [0.4, 0.5) is 0 Å². The molecule has 0 amide bonds. The van der Waals surface area contributed by atoms with Crippen LogP contribution >= 0.6 is 0 Å². The molecule has 12 aromatic rings. The van der Waals surface area contributed by atoms with E-state index in [1.807, 2.05) is 0 Å². The topological polar surface area (TPSA) is 745 Å². The minimum atomic E-state index is -1.14. The maximum atomic E-state index is 12.9. The molecule has 0 aliphatic carbocycles. The lowest BCUT2D eigenvalue weighted by Crippen LogP contribution is -2.35. The number of ether oxygens (including phenoxy) is 12. The van der Waals surface area contributed by atoms with Crippen LogP contribution in [0.1, 0.15) is 166 Å². The van der Waals surface area contributed by atoms with Crippen LogP contribution in [-0.4, -0.2) is 216 Å². The number of esters is 4. The van der Waals surface area contributed by atoms with Crippen molar-refractivity contribution in [2.24, 2.45) is 0 Å². The Labute approximate surface area is 813 Å². The fourth-order valence-corrected chi connectivity index (χ4v) is 15.6. The first-order chi connectivity index (χ1) is 67.8. The Kier molecular flexibility index (Phi) is 29.6. The predicted octanol–water partition coefficient (Wildman–Crippen LogP) is 13.3. The predicted molar refractivity (Wildman–Crippen MR) is 492 cm³/mol. The second-order valence-electron chi connectivity index (χ2n) is 34.2. The third kappa shape index (κ3) is 22.7. The van der Waals surface area contributed by atoms with E-state index in [1.165, 1.54) is 60.7 Å². The van der Waals surface area contributed by atoms with E-state index in [-0.39, 0.29) is 180 Å². The maximum Gasteiger partial charge on any atom is 0.338 e. The van der Waals surface area contributed by atoms with Crippen molar-refractivity contribution in [3.8, 4) is 207 Å². The molecule has 16 rings (SSSR count). The van der Waals surface area contributed by atoms with Crippen molar-refractivity contribution in [1.29, 1.82) is 0 Å². The molecule has 0 radical (unpaired) electrons. The van der Waals surface area contributed by atoms with Gasteiger partial charge in [-0.15, -0.1) is 0 Å². The number of phenolic OH excluding ortho intramolecular Hbond substituents is 28. The fourth-order valence-electron chi connectivity index (χ4n) is 15.6. The molecule has 144 heavy (non-hydrogen) atoms. The van der Waals surface area contributed by atoms with Crippen LogP contribution < -0.4 is 37.9 Å². The summed E-state index contributed by atoms with van der Waals surface area (Å²) in [5.74, 6) is -19.5. The van der Waals surface area contributed by atoms with E-state index in [0.717, 1.165) is 84.9 Å². The summed E-state index contributed by atoms with van der Waals surface area (Å²) in [6.07, 6.45) is -10.4. The van der Waals surface area contributed by atoms with Crippen LogP contribution in [0.5, 0.6) is 207 Å². The number of benzene rings is 12. The Bertz CT molecular complexity index is 6670. The van der Waals surface area contributed by atoms with Crippen molar-refractivity contribution in [3.63, 3.8) is 0 Å². The largest absolute Gasteiger partial charge is 0.508 e. The highest BCUT2D eigenvalue weighted by atomic mass is 16.6. The lowest BCUT2D eigenvalue weighted by Gasteiger charge is -2.34. The highest BCUT2D eigenvalue weighted by Gasteiger charge is 2.44. The first kappa shape index (κ1) is 103. The molecule has 0 saturated heterocycles. The van der Waals surface area contributed by atoms with Gasteiger partial charge >= 0.3 is 23.9 Å². The number of carbonyl (C=O) groups is 4. The summed E-state index contributed by atoms with van der Waals surface area (Å²) < 4.78 is 68.7. The standard InChI is InChI=1S/4C25H24O11/c1-10(2)34-20-6-11(3-18(30)23(20)32)24-21(9-14-15(27)7-13(26)8-19(14)35-24)36-25(33)12-4-16(28)22(31)17(29)5-12;1-10(2)34-24-18(30)3-11(4-19(24)31)23-21(9-14-15(27)7-13(26)8-20(14)35-23)36-25(33)12-5-16(28)22(32)17(29)6-12;1-10(2)34-13-7-15(26)14-9-21(36-25(33)12-5-18(29)23(32)19(30)6-12)24(35-20(14)8-13)11-3-16(27)22(31)17(28)4-11;1-10(2)34-19-7-13(26)8-20-14(19)9-21(24(35-20)11-3-15(27)22(31)16(28)4-11)36-25(33)12-5-17(29)23(32)18(30)6-12/h3-8,10,21,24,26-32H,9H2,1-2H3;3-8,10,21,23,26-32H,9H2,1-2H3;2*3-8,10,21,24,26-32H,9H2,1-2H3/t21-,24-;21-,23-;2*21-,24-/m1111/s1. The van der Waals surface area contributed by atoms with Gasteiger partial charge in [-0.3, -0.25) is 0 Å². The molecular formula is C100H96O44. The molecule has 28 N–H and O–H groups in total. The van der Waals surface area contributed by atoms with Crippen molar-refractivity contribution < 1.29 is 219 Å². The van der Waals surface area contributed by atoms with E-state index in [0.29, 0.717) is 16.9 Å². The molecule has 0 fully saturated rings. The Morgan fingerprint density at radius 1 is 0.229 bits per heavy atom. The zero-order valence-electron chi connectivity index (χ0n) is 76.7. The third-order valence-corrected chi connectivity index (χ3v) is 22.0. The summed E-state index contributed by atoms with van der Waals surface area (Å²) in [5, 5.41) is 278. The van der Waals surface area contributed by atoms with E-state index in [9.17, 15) is 162 Å². The summed E-state index contributed by atoms with van der Waals surface area (Å²) in [6, 6.07) is 27.2. The lowest BCUT2D eigenvalue weighted by molar-refractivity contribution is -0.0194. The third-order valence-electron chi connectivity index (χ3n) is 22.0. The summed E-state index contributed by atoms with van der Waals surface area (Å²) in [4.78, 5) is 51.5.